The second kappa shape index (κ2) is 7.74. The molecule has 1 heterocycles. The van der Waals surface area contributed by atoms with Gasteiger partial charge in [-0.25, -0.2) is 13.1 Å². The highest BCUT2D eigenvalue weighted by Gasteiger charge is 2.27. The summed E-state index contributed by atoms with van der Waals surface area (Å²) < 4.78 is 28.1. The molecule has 1 saturated heterocycles. The molecular weight excluding hydrogens is 394 g/mol. The summed E-state index contributed by atoms with van der Waals surface area (Å²) in [6.07, 6.45) is 0.733. The number of benzene rings is 1. The summed E-state index contributed by atoms with van der Waals surface area (Å²) in [5.74, 6) is -0.459. The highest BCUT2D eigenvalue weighted by atomic mass is 79.9. The molecule has 0 aromatic heterocycles. The molecule has 0 bridgehead atoms. The summed E-state index contributed by atoms with van der Waals surface area (Å²) in [5.41, 5.74) is 5.37. The van der Waals surface area contributed by atoms with Crippen molar-refractivity contribution >= 4 is 44.3 Å². The monoisotopic (exact) mass is 411 g/mol. The molecule has 1 aliphatic rings. The number of carbonyl (C=O) groups is 1. The topological polar surface area (TPSA) is 101 Å². The number of nitrogens with two attached hydrogens (primary N) is 1. The fourth-order valence-corrected chi connectivity index (χ4v) is 4.41. The van der Waals surface area contributed by atoms with Gasteiger partial charge < -0.3 is 11.1 Å². The third-order valence-electron chi connectivity index (χ3n) is 3.56. The summed E-state index contributed by atoms with van der Waals surface area (Å²) in [5, 5.41) is 3.22. The minimum Gasteiger partial charge on any atom is -0.366 e. The van der Waals surface area contributed by atoms with Crippen LogP contribution in [0.4, 0.5) is 0 Å². The van der Waals surface area contributed by atoms with Gasteiger partial charge in [0.1, 0.15) is 0 Å². The Hall–Kier alpha value is -0.670. The number of hydrogen-bond donors (Lipinski definition) is 3. The molecule has 1 aromatic rings. The molecule has 2 unspecified atom stereocenters. The van der Waals surface area contributed by atoms with Gasteiger partial charge in [0.25, 0.3) is 0 Å². The van der Waals surface area contributed by atoms with Gasteiger partial charge in [-0.05, 0) is 43.6 Å². The van der Waals surface area contributed by atoms with Crippen LogP contribution in [0.3, 0.4) is 0 Å². The molecule has 22 heavy (non-hydrogen) atoms. The third-order valence-corrected chi connectivity index (χ3v) is 5.49. The van der Waals surface area contributed by atoms with Crippen LogP contribution in [0.25, 0.3) is 0 Å². The van der Waals surface area contributed by atoms with Crippen LogP contribution in [0.1, 0.15) is 23.7 Å². The Morgan fingerprint density at radius 3 is 2.68 bits per heavy atom. The van der Waals surface area contributed by atoms with E-state index < -0.39 is 15.9 Å². The van der Waals surface area contributed by atoms with Gasteiger partial charge in [0.05, 0.1) is 4.90 Å². The van der Waals surface area contributed by atoms with Gasteiger partial charge in [0.15, 0.2) is 0 Å². The smallest absolute Gasteiger partial charge is 0.248 e. The van der Waals surface area contributed by atoms with Crippen molar-refractivity contribution in [1.29, 1.82) is 0 Å². The van der Waals surface area contributed by atoms with Crippen LogP contribution in [-0.4, -0.2) is 33.5 Å². The van der Waals surface area contributed by atoms with Gasteiger partial charge in [0, 0.05) is 16.1 Å². The van der Waals surface area contributed by atoms with Crippen molar-refractivity contribution in [3.8, 4) is 0 Å². The number of piperidine rings is 1. The Morgan fingerprint density at radius 1 is 1.41 bits per heavy atom. The number of amides is 1. The Labute approximate surface area is 144 Å². The molecular formula is C13H19BrClN3O3S. The number of hydrogen-bond acceptors (Lipinski definition) is 4. The van der Waals surface area contributed by atoms with Crippen LogP contribution < -0.4 is 15.8 Å². The van der Waals surface area contributed by atoms with Crippen LogP contribution in [0.2, 0.25) is 0 Å². The zero-order valence-corrected chi connectivity index (χ0v) is 15.2. The first-order chi connectivity index (χ1) is 9.79. The van der Waals surface area contributed by atoms with Crippen molar-refractivity contribution in [3.63, 3.8) is 0 Å². The molecule has 1 fully saturated rings. The zero-order valence-electron chi connectivity index (χ0n) is 12.0. The summed E-state index contributed by atoms with van der Waals surface area (Å²) >= 11 is 3.20. The molecule has 0 saturated carbocycles. The molecule has 124 valence electrons. The van der Waals surface area contributed by atoms with E-state index in [1.165, 1.54) is 18.2 Å². The zero-order chi connectivity index (χ0) is 15.6. The Kier molecular flexibility index (Phi) is 6.82. The maximum atomic E-state index is 12.5. The van der Waals surface area contributed by atoms with Crippen molar-refractivity contribution < 1.29 is 13.2 Å². The van der Waals surface area contributed by atoms with E-state index in [1.54, 1.807) is 0 Å². The Morgan fingerprint density at radius 2 is 2.09 bits per heavy atom. The van der Waals surface area contributed by atoms with E-state index >= 15 is 0 Å². The molecule has 1 amide bonds. The van der Waals surface area contributed by atoms with E-state index in [0.29, 0.717) is 4.47 Å². The second-order valence-electron chi connectivity index (χ2n) is 5.24. The van der Waals surface area contributed by atoms with Crippen LogP contribution in [0.15, 0.2) is 27.6 Å². The lowest BCUT2D eigenvalue weighted by molar-refractivity contribution is 0.1000. The molecule has 9 heteroatoms. The lowest BCUT2D eigenvalue weighted by atomic mass is 9.97. The summed E-state index contributed by atoms with van der Waals surface area (Å²) in [6, 6.07) is 4.13. The van der Waals surface area contributed by atoms with Crippen LogP contribution >= 0.6 is 28.3 Å². The highest BCUT2D eigenvalue weighted by Crippen LogP contribution is 2.21. The van der Waals surface area contributed by atoms with Gasteiger partial charge in [-0.15, -0.1) is 12.4 Å². The van der Waals surface area contributed by atoms with Crippen LogP contribution in [0, 0.1) is 5.92 Å². The van der Waals surface area contributed by atoms with E-state index in [9.17, 15) is 13.2 Å². The third kappa shape index (κ3) is 4.66. The van der Waals surface area contributed by atoms with E-state index in [0.717, 1.165) is 19.5 Å². The maximum Gasteiger partial charge on any atom is 0.248 e. The van der Waals surface area contributed by atoms with Gasteiger partial charge in [-0.3, -0.25) is 4.79 Å². The Balaban J connectivity index is 0.00000242. The van der Waals surface area contributed by atoms with E-state index in [4.69, 9.17) is 5.73 Å². The van der Waals surface area contributed by atoms with Crippen molar-refractivity contribution in [2.45, 2.75) is 24.3 Å². The van der Waals surface area contributed by atoms with Gasteiger partial charge >= 0.3 is 0 Å². The first-order valence-electron chi connectivity index (χ1n) is 6.63. The maximum absolute atomic E-state index is 12.5. The van der Waals surface area contributed by atoms with Crippen molar-refractivity contribution in [2.24, 2.45) is 11.7 Å². The normalized spacial score (nSPS) is 21.9. The number of primary amides is 1. The number of carbonyl (C=O) groups excluding carboxylic acids is 1. The van der Waals surface area contributed by atoms with E-state index in [-0.39, 0.29) is 34.8 Å². The highest BCUT2D eigenvalue weighted by molar-refractivity contribution is 9.10. The molecule has 6 nitrogen and oxygen atoms in total. The molecule has 1 aliphatic heterocycles. The number of rotatable bonds is 4. The quantitative estimate of drug-likeness (QED) is 0.692. The molecule has 0 spiro atoms. The van der Waals surface area contributed by atoms with Crippen LogP contribution in [0.5, 0.6) is 0 Å². The summed E-state index contributed by atoms with van der Waals surface area (Å²) in [7, 11) is -3.69. The number of halogens is 2. The fourth-order valence-electron chi connectivity index (χ4n) is 2.32. The SMILES string of the molecule is CC1CNCCC1NS(=O)(=O)c1cc(Br)cc(C(N)=O)c1.Cl. The van der Waals surface area contributed by atoms with E-state index in [2.05, 4.69) is 26.0 Å². The minimum atomic E-state index is -3.69. The molecule has 1 aromatic carbocycles. The minimum absolute atomic E-state index is 0. The predicted octanol–water partition coefficient (Wildman–Crippen LogP) is 1.25. The van der Waals surface area contributed by atoms with E-state index in [1.807, 2.05) is 6.92 Å². The molecule has 2 atom stereocenters. The van der Waals surface area contributed by atoms with Gasteiger partial charge in [0.2, 0.25) is 15.9 Å². The average molecular weight is 413 g/mol. The fraction of sp³-hybridized carbons (Fsp3) is 0.462. The number of sulfonamides is 1. The van der Waals surface area contributed by atoms with Crippen molar-refractivity contribution in [2.75, 3.05) is 13.1 Å². The van der Waals surface area contributed by atoms with Gasteiger partial charge in [-0.1, -0.05) is 22.9 Å². The lowest BCUT2D eigenvalue weighted by Gasteiger charge is -2.30. The summed E-state index contributed by atoms with van der Waals surface area (Å²) in [6.45, 7) is 3.55. The predicted molar refractivity (Wildman–Crippen MR) is 90.7 cm³/mol. The molecule has 0 radical (unpaired) electrons. The Bertz CT molecular complexity index is 654. The number of nitrogens with one attached hydrogen (secondary N) is 2. The lowest BCUT2D eigenvalue weighted by Crippen LogP contribution is -2.48. The molecule has 0 aliphatic carbocycles. The molecule has 4 N–H and O–H groups in total. The van der Waals surface area contributed by atoms with Crippen LogP contribution in [-0.2, 0) is 10.0 Å². The average Bonchev–Trinajstić information content (AvgIpc) is 2.40. The summed E-state index contributed by atoms with van der Waals surface area (Å²) in [4.78, 5) is 11.3. The largest absolute Gasteiger partial charge is 0.366 e. The van der Waals surface area contributed by atoms with Crippen molar-refractivity contribution in [3.05, 3.63) is 28.2 Å². The van der Waals surface area contributed by atoms with Crippen molar-refractivity contribution in [1.82, 2.24) is 10.0 Å². The molecule has 2 rings (SSSR count). The first-order valence-corrected chi connectivity index (χ1v) is 8.90. The first kappa shape index (κ1) is 19.4. The van der Waals surface area contributed by atoms with Gasteiger partial charge in [-0.2, -0.15) is 0 Å². The standard InChI is InChI=1S/C13H18BrN3O3S.ClH/c1-8-7-16-3-2-12(8)17-21(19,20)11-5-9(13(15)18)4-10(14)6-11;/h4-6,8,12,16-17H,2-3,7H2,1H3,(H2,15,18);1H. The second-order valence-corrected chi connectivity index (χ2v) is 7.87.